The Morgan fingerprint density at radius 1 is 1.21 bits per heavy atom. The van der Waals surface area contributed by atoms with Gasteiger partial charge in [-0.3, -0.25) is 9.79 Å². The van der Waals surface area contributed by atoms with Crippen molar-refractivity contribution >= 4 is 23.3 Å². The van der Waals surface area contributed by atoms with E-state index in [1.165, 1.54) is 0 Å². The molecular weight excluding hydrogens is 324 g/mol. The van der Waals surface area contributed by atoms with Crippen LogP contribution in [-0.4, -0.2) is 28.2 Å². The summed E-state index contributed by atoms with van der Waals surface area (Å²) in [6.07, 6.45) is 1.93. The van der Waals surface area contributed by atoms with Gasteiger partial charge >= 0.3 is 0 Å². The van der Waals surface area contributed by atoms with Crippen molar-refractivity contribution in [2.75, 3.05) is 6.54 Å². The molecule has 0 spiro atoms. The van der Waals surface area contributed by atoms with Crippen LogP contribution in [0.15, 0.2) is 41.4 Å². The molecule has 2 aromatic rings. The third-order valence-electron chi connectivity index (χ3n) is 4.63. The number of carbonyl (C=O) groups is 1. The SMILES string of the molecule is NC1=NCc2ccc(C(=O)N3CCC[C@@H]3c3ccc(Cl)cc3)nc21. The predicted molar refractivity (Wildman–Crippen MR) is 93.1 cm³/mol. The lowest BCUT2D eigenvalue weighted by Crippen LogP contribution is -2.31. The molecule has 0 aliphatic carbocycles. The van der Waals surface area contributed by atoms with Crippen molar-refractivity contribution in [3.05, 3.63) is 63.9 Å². The molecule has 4 rings (SSSR count). The van der Waals surface area contributed by atoms with Gasteiger partial charge in [-0.15, -0.1) is 0 Å². The second kappa shape index (κ2) is 5.91. The van der Waals surface area contributed by atoms with Crippen molar-refractivity contribution in [3.8, 4) is 0 Å². The molecule has 1 fully saturated rings. The number of pyridine rings is 1. The van der Waals surface area contributed by atoms with Crippen molar-refractivity contribution < 1.29 is 4.79 Å². The van der Waals surface area contributed by atoms with Gasteiger partial charge in [-0.1, -0.05) is 29.8 Å². The zero-order valence-electron chi connectivity index (χ0n) is 13.1. The average molecular weight is 341 g/mol. The van der Waals surface area contributed by atoms with E-state index in [2.05, 4.69) is 9.98 Å². The minimum absolute atomic E-state index is 0.0602. The molecule has 5 nitrogen and oxygen atoms in total. The van der Waals surface area contributed by atoms with E-state index in [1.54, 1.807) is 6.07 Å². The third kappa shape index (κ3) is 2.55. The van der Waals surface area contributed by atoms with Gasteiger partial charge < -0.3 is 10.6 Å². The fourth-order valence-electron chi connectivity index (χ4n) is 3.39. The lowest BCUT2D eigenvalue weighted by Gasteiger charge is -2.25. The molecule has 122 valence electrons. The molecule has 24 heavy (non-hydrogen) atoms. The first-order chi connectivity index (χ1) is 11.6. The van der Waals surface area contributed by atoms with E-state index in [4.69, 9.17) is 17.3 Å². The fraction of sp³-hybridized carbons (Fsp3) is 0.278. The van der Waals surface area contributed by atoms with Crippen LogP contribution in [0.25, 0.3) is 0 Å². The largest absolute Gasteiger partial charge is 0.382 e. The second-order valence-electron chi connectivity index (χ2n) is 6.11. The normalized spacial score (nSPS) is 19.3. The van der Waals surface area contributed by atoms with E-state index in [0.29, 0.717) is 28.8 Å². The quantitative estimate of drug-likeness (QED) is 0.913. The summed E-state index contributed by atoms with van der Waals surface area (Å²) in [6, 6.07) is 11.4. The fourth-order valence-corrected chi connectivity index (χ4v) is 3.52. The lowest BCUT2D eigenvalue weighted by atomic mass is 10.0. The number of hydrogen-bond donors (Lipinski definition) is 1. The zero-order valence-corrected chi connectivity index (χ0v) is 13.8. The number of benzene rings is 1. The van der Waals surface area contributed by atoms with Crippen molar-refractivity contribution in [1.29, 1.82) is 0 Å². The van der Waals surface area contributed by atoms with Crippen LogP contribution >= 0.6 is 11.6 Å². The van der Waals surface area contributed by atoms with E-state index < -0.39 is 0 Å². The number of hydrogen-bond acceptors (Lipinski definition) is 4. The van der Waals surface area contributed by atoms with Crippen LogP contribution in [0.2, 0.25) is 5.02 Å². The van der Waals surface area contributed by atoms with Gasteiger partial charge in [0.25, 0.3) is 5.91 Å². The standard InChI is InChI=1S/C18H17ClN4O/c19-13-6-3-11(4-7-13)15-2-1-9-23(15)18(24)14-8-5-12-10-21-17(20)16(12)22-14/h3-8,15H,1-2,9-10H2,(H2,20,21)/t15-/m1/s1. The van der Waals surface area contributed by atoms with Gasteiger partial charge in [-0.2, -0.15) is 0 Å². The monoisotopic (exact) mass is 340 g/mol. The van der Waals surface area contributed by atoms with Crippen LogP contribution in [0.1, 0.15) is 46.2 Å². The molecule has 3 heterocycles. The number of aliphatic imine (C=N–C) groups is 1. The van der Waals surface area contributed by atoms with Crippen LogP contribution in [-0.2, 0) is 6.54 Å². The summed E-state index contributed by atoms with van der Waals surface area (Å²) in [6.45, 7) is 1.27. The van der Waals surface area contributed by atoms with Gasteiger partial charge in [-0.05, 0) is 36.6 Å². The van der Waals surface area contributed by atoms with Crippen molar-refractivity contribution in [2.24, 2.45) is 10.7 Å². The van der Waals surface area contributed by atoms with E-state index in [1.807, 2.05) is 35.2 Å². The maximum Gasteiger partial charge on any atom is 0.272 e. The van der Waals surface area contributed by atoms with Crippen LogP contribution < -0.4 is 5.73 Å². The topological polar surface area (TPSA) is 71.6 Å². The number of likely N-dealkylation sites (tertiary alicyclic amines) is 1. The first kappa shape index (κ1) is 15.1. The van der Waals surface area contributed by atoms with Crippen LogP contribution in [0, 0.1) is 0 Å². The summed E-state index contributed by atoms with van der Waals surface area (Å²) in [5.74, 6) is 0.352. The predicted octanol–water partition coefficient (Wildman–Crippen LogP) is 2.93. The maximum atomic E-state index is 13.0. The van der Waals surface area contributed by atoms with Gasteiger partial charge in [0.05, 0.1) is 12.6 Å². The number of aromatic nitrogens is 1. The molecule has 1 saturated heterocycles. The van der Waals surface area contributed by atoms with Crippen LogP contribution in [0.5, 0.6) is 0 Å². The number of amidine groups is 1. The minimum atomic E-state index is -0.0602. The molecule has 0 saturated carbocycles. The number of rotatable bonds is 2. The van der Waals surface area contributed by atoms with E-state index in [0.717, 1.165) is 30.5 Å². The molecule has 1 aromatic heterocycles. The molecule has 0 unspecified atom stereocenters. The van der Waals surface area contributed by atoms with Crippen LogP contribution in [0.3, 0.4) is 0 Å². The molecule has 0 bridgehead atoms. The summed E-state index contributed by atoms with van der Waals surface area (Å²) in [5.41, 5.74) is 8.99. The number of nitrogens with zero attached hydrogens (tertiary/aromatic N) is 3. The molecule has 1 amide bonds. The average Bonchev–Trinajstić information content (AvgIpc) is 3.22. The lowest BCUT2D eigenvalue weighted by molar-refractivity contribution is 0.0729. The highest BCUT2D eigenvalue weighted by Crippen LogP contribution is 2.33. The Morgan fingerprint density at radius 3 is 2.79 bits per heavy atom. The molecular formula is C18H17ClN4O. The Morgan fingerprint density at radius 2 is 2.00 bits per heavy atom. The molecule has 0 radical (unpaired) electrons. The van der Waals surface area contributed by atoms with Gasteiger partial charge in [-0.25, -0.2) is 4.98 Å². The maximum absolute atomic E-state index is 13.0. The van der Waals surface area contributed by atoms with E-state index >= 15 is 0 Å². The molecule has 2 N–H and O–H groups in total. The van der Waals surface area contributed by atoms with E-state index in [9.17, 15) is 4.79 Å². The smallest absolute Gasteiger partial charge is 0.272 e. The number of amides is 1. The summed E-state index contributed by atoms with van der Waals surface area (Å²) in [5, 5.41) is 0.699. The summed E-state index contributed by atoms with van der Waals surface area (Å²) in [4.78, 5) is 23.5. The first-order valence-corrected chi connectivity index (χ1v) is 8.38. The summed E-state index contributed by atoms with van der Waals surface area (Å²) in [7, 11) is 0. The molecule has 1 atom stereocenters. The van der Waals surface area contributed by atoms with E-state index in [-0.39, 0.29) is 11.9 Å². The number of nitrogens with two attached hydrogens (primary N) is 1. The second-order valence-corrected chi connectivity index (χ2v) is 6.55. The van der Waals surface area contributed by atoms with Crippen molar-refractivity contribution in [3.63, 3.8) is 0 Å². The number of carbonyl (C=O) groups excluding carboxylic acids is 1. The molecule has 2 aliphatic rings. The number of halogens is 1. The Kier molecular flexibility index (Phi) is 3.73. The highest BCUT2D eigenvalue weighted by atomic mass is 35.5. The molecule has 2 aliphatic heterocycles. The Bertz CT molecular complexity index is 831. The van der Waals surface area contributed by atoms with Gasteiger partial charge in [0, 0.05) is 17.1 Å². The highest BCUT2D eigenvalue weighted by molar-refractivity contribution is 6.30. The number of fused-ring (bicyclic) bond motifs is 1. The van der Waals surface area contributed by atoms with Gasteiger partial charge in [0.15, 0.2) is 0 Å². The van der Waals surface area contributed by atoms with Gasteiger partial charge in [0.2, 0.25) is 0 Å². The highest BCUT2D eigenvalue weighted by Gasteiger charge is 2.31. The Balaban J connectivity index is 1.63. The Labute approximate surface area is 145 Å². The first-order valence-electron chi connectivity index (χ1n) is 8.00. The molecule has 1 aromatic carbocycles. The summed E-state index contributed by atoms with van der Waals surface area (Å²) < 4.78 is 0. The Hall–Kier alpha value is -2.40. The van der Waals surface area contributed by atoms with Crippen molar-refractivity contribution in [1.82, 2.24) is 9.88 Å². The summed E-state index contributed by atoms with van der Waals surface area (Å²) >= 11 is 5.97. The third-order valence-corrected chi connectivity index (χ3v) is 4.88. The van der Waals surface area contributed by atoms with Gasteiger partial charge in [0.1, 0.15) is 17.2 Å². The minimum Gasteiger partial charge on any atom is -0.382 e. The molecule has 6 heteroatoms. The van der Waals surface area contributed by atoms with Crippen LogP contribution in [0.4, 0.5) is 0 Å². The van der Waals surface area contributed by atoms with Crippen molar-refractivity contribution in [2.45, 2.75) is 25.4 Å². The zero-order chi connectivity index (χ0) is 16.7.